The standard InChI is InChI=1S/C30H31F3N2O2S/c1-7-37-28(36)23-10-13-27-26(14-23)34-29(35(27)15-22-8-11-24(12-9-22)30(31,32)33)38-16-25-20(5)18(3)17(2)19(4)21(25)6/h8-14H,7,15-16H2,1-6H3. The minimum absolute atomic E-state index is 0.272. The van der Waals surface area contributed by atoms with Crippen molar-refractivity contribution in [3.8, 4) is 0 Å². The molecule has 0 aliphatic heterocycles. The predicted octanol–water partition coefficient (Wildman–Crippen LogP) is 8.11. The summed E-state index contributed by atoms with van der Waals surface area (Å²) >= 11 is 1.58. The number of aromatic nitrogens is 2. The van der Waals surface area contributed by atoms with Crippen LogP contribution >= 0.6 is 11.8 Å². The molecular weight excluding hydrogens is 509 g/mol. The molecule has 200 valence electrons. The molecule has 4 nitrogen and oxygen atoms in total. The van der Waals surface area contributed by atoms with E-state index in [0.717, 1.165) is 28.4 Å². The van der Waals surface area contributed by atoms with Gasteiger partial charge in [-0.2, -0.15) is 13.2 Å². The van der Waals surface area contributed by atoms with Crippen molar-refractivity contribution >= 4 is 28.8 Å². The summed E-state index contributed by atoms with van der Waals surface area (Å²) in [5.41, 5.74) is 9.52. The number of fused-ring (bicyclic) bond motifs is 1. The third kappa shape index (κ3) is 5.46. The first-order valence-electron chi connectivity index (χ1n) is 12.4. The van der Waals surface area contributed by atoms with Crippen LogP contribution in [0.2, 0.25) is 0 Å². The highest BCUT2D eigenvalue weighted by Crippen LogP contribution is 2.34. The molecular formula is C30H31F3N2O2S. The van der Waals surface area contributed by atoms with E-state index in [0.29, 0.717) is 23.4 Å². The van der Waals surface area contributed by atoms with E-state index in [1.54, 1.807) is 30.8 Å². The number of rotatable bonds is 7. The monoisotopic (exact) mass is 540 g/mol. The average Bonchev–Trinajstić information content (AvgIpc) is 3.22. The lowest BCUT2D eigenvalue weighted by Gasteiger charge is -2.18. The number of halogens is 3. The largest absolute Gasteiger partial charge is 0.462 e. The van der Waals surface area contributed by atoms with E-state index in [1.807, 2.05) is 10.6 Å². The molecule has 0 radical (unpaired) electrons. The Bertz CT molecular complexity index is 1480. The molecule has 0 aliphatic carbocycles. The Hall–Kier alpha value is -3.26. The van der Waals surface area contributed by atoms with Gasteiger partial charge in [0.15, 0.2) is 5.16 Å². The summed E-state index contributed by atoms with van der Waals surface area (Å²) in [4.78, 5) is 17.2. The number of carbonyl (C=O) groups is 1. The van der Waals surface area contributed by atoms with E-state index in [2.05, 4.69) is 34.6 Å². The highest BCUT2D eigenvalue weighted by molar-refractivity contribution is 7.98. The third-order valence-corrected chi connectivity index (χ3v) is 8.35. The Kier molecular flexibility index (Phi) is 7.93. The van der Waals surface area contributed by atoms with Gasteiger partial charge in [-0.05, 0) is 111 Å². The van der Waals surface area contributed by atoms with Crippen molar-refractivity contribution in [1.29, 1.82) is 0 Å². The molecule has 0 atom stereocenters. The van der Waals surface area contributed by atoms with Crippen molar-refractivity contribution in [2.24, 2.45) is 0 Å². The van der Waals surface area contributed by atoms with Gasteiger partial charge in [0.1, 0.15) is 0 Å². The number of hydrogen-bond acceptors (Lipinski definition) is 4. The Labute approximate surface area is 225 Å². The summed E-state index contributed by atoms with van der Waals surface area (Å²) in [5.74, 6) is 0.276. The van der Waals surface area contributed by atoms with Gasteiger partial charge in [-0.15, -0.1) is 0 Å². The lowest BCUT2D eigenvalue weighted by molar-refractivity contribution is -0.137. The lowest BCUT2D eigenvalue weighted by atomic mass is 9.90. The Morgan fingerprint density at radius 2 is 1.53 bits per heavy atom. The van der Waals surface area contributed by atoms with Gasteiger partial charge in [0, 0.05) is 5.75 Å². The van der Waals surface area contributed by atoms with Gasteiger partial charge in [0.2, 0.25) is 0 Å². The highest BCUT2D eigenvalue weighted by Gasteiger charge is 2.30. The van der Waals surface area contributed by atoms with Gasteiger partial charge in [0.05, 0.1) is 35.3 Å². The topological polar surface area (TPSA) is 44.1 Å². The maximum absolute atomic E-state index is 13.1. The van der Waals surface area contributed by atoms with Crippen LogP contribution < -0.4 is 0 Å². The molecule has 3 aromatic carbocycles. The van der Waals surface area contributed by atoms with Gasteiger partial charge >= 0.3 is 12.1 Å². The van der Waals surface area contributed by atoms with Crippen LogP contribution in [0.1, 0.15) is 61.8 Å². The molecule has 0 N–H and O–H groups in total. The van der Waals surface area contributed by atoms with Crippen LogP contribution in [0.4, 0.5) is 13.2 Å². The van der Waals surface area contributed by atoms with Gasteiger partial charge < -0.3 is 9.30 Å². The normalized spacial score (nSPS) is 11.8. The van der Waals surface area contributed by atoms with Gasteiger partial charge in [-0.3, -0.25) is 0 Å². The molecule has 0 unspecified atom stereocenters. The highest BCUT2D eigenvalue weighted by atomic mass is 32.2. The molecule has 1 heterocycles. The molecule has 0 aliphatic rings. The van der Waals surface area contributed by atoms with Crippen LogP contribution in [0.15, 0.2) is 47.6 Å². The molecule has 4 rings (SSSR count). The second-order valence-corrected chi connectivity index (χ2v) is 10.4. The number of benzene rings is 3. The number of imidazole rings is 1. The number of ether oxygens (including phenoxy) is 1. The average molecular weight is 541 g/mol. The quantitative estimate of drug-likeness (QED) is 0.175. The van der Waals surface area contributed by atoms with Crippen molar-refractivity contribution in [3.05, 3.63) is 92.5 Å². The number of nitrogens with zero attached hydrogens (tertiary/aromatic N) is 2. The Morgan fingerprint density at radius 3 is 2.11 bits per heavy atom. The number of hydrogen-bond donors (Lipinski definition) is 0. The lowest BCUT2D eigenvalue weighted by Crippen LogP contribution is -2.07. The zero-order chi connectivity index (χ0) is 27.8. The van der Waals surface area contributed by atoms with Crippen LogP contribution in [0.3, 0.4) is 0 Å². The summed E-state index contributed by atoms with van der Waals surface area (Å²) in [7, 11) is 0. The fraction of sp³-hybridized carbons (Fsp3) is 0.333. The molecule has 0 saturated heterocycles. The third-order valence-electron chi connectivity index (χ3n) is 7.35. The molecule has 0 bridgehead atoms. The summed E-state index contributed by atoms with van der Waals surface area (Å²) < 4.78 is 46.4. The summed E-state index contributed by atoms with van der Waals surface area (Å²) in [6, 6.07) is 10.4. The van der Waals surface area contributed by atoms with E-state index in [4.69, 9.17) is 9.72 Å². The molecule has 0 saturated carbocycles. The molecule has 38 heavy (non-hydrogen) atoms. The van der Waals surface area contributed by atoms with Crippen LogP contribution in [-0.2, 0) is 23.2 Å². The van der Waals surface area contributed by atoms with Crippen molar-refractivity contribution in [1.82, 2.24) is 9.55 Å². The van der Waals surface area contributed by atoms with Crippen LogP contribution in [-0.4, -0.2) is 22.1 Å². The van der Waals surface area contributed by atoms with Crippen molar-refractivity contribution in [2.75, 3.05) is 6.61 Å². The molecule has 1 aromatic heterocycles. The Balaban J connectivity index is 1.74. The first kappa shape index (κ1) is 27.8. The summed E-state index contributed by atoms with van der Waals surface area (Å²) in [6.45, 7) is 13.1. The SMILES string of the molecule is CCOC(=O)c1ccc2c(c1)nc(SCc1c(C)c(C)c(C)c(C)c1C)n2Cc1ccc(C(F)(F)F)cc1. The zero-order valence-electron chi connectivity index (χ0n) is 22.4. The fourth-order valence-corrected chi connectivity index (χ4v) is 5.81. The second-order valence-electron chi connectivity index (χ2n) is 9.49. The van der Waals surface area contributed by atoms with Crippen LogP contribution in [0.5, 0.6) is 0 Å². The van der Waals surface area contributed by atoms with E-state index >= 15 is 0 Å². The molecule has 0 spiro atoms. The Morgan fingerprint density at radius 1 is 0.921 bits per heavy atom. The van der Waals surface area contributed by atoms with E-state index < -0.39 is 17.7 Å². The van der Waals surface area contributed by atoms with E-state index in [1.165, 1.54) is 45.5 Å². The maximum atomic E-state index is 13.1. The number of thioether (sulfide) groups is 1. The molecule has 0 fully saturated rings. The predicted molar refractivity (Wildman–Crippen MR) is 146 cm³/mol. The first-order valence-corrected chi connectivity index (χ1v) is 13.4. The van der Waals surface area contributed by atoms with Crippen LogP contribution in [0, 0.1) is 34.6 Å². The summed E-state index contributed by atoms with van der Waals surface area (Å²) in [5, 5.41) is 0.732. The van der Waals surface area contributed by atoms with E-state index in [9.17, 15) is 18.0 Å². The van der Waals surface area contributed by atoms with Crippen molar-refractivity contribution < 1.29 is 22.7 Å². The van der Waals surface area contributed by atoms with E-state index in [-0.39, 0.29) is 6.61 Å². The summed E-state index contributed by atoms with van der Waals surface area (Å²) in [6.07, 6.45) is -4.38. The van der Waals surface area contributed by atoms with Gasteiger partial charge in [0.25, 0.3) is 0 Å². The van der Waals surface area contributed by atoms with Crippen LogP contribution in [0.25, 0.3) is 11.0 Å². The maximum Gasteiger partial charge on any atom is 0.416 e. The molecule has 8 heteroatoms. The second kappa shape index (κ2) is 10.8. The van der Waals surface area contributed by atoms with Gasteiger partial charge in [-0.1, -0.05) is 23.9 Å². The molecule has 0 amide bonds. The molecule has 4 aromatic rings. The fourth-order valence-electron chi connectivity index (χ4n) is 4.62. The smallest absolute Gasteiger partial charge is 0.416 e. The van der Waals surface area contributed by atoms with Crippen molar-refractivity contribution in [3.63, 3.8) is 0 Å². The number of carbonyl (C=O) groups excluding carboxylic acids is 1. The minimum Gasteiger partial charge on any atom is -0.462 e. The number of esters is 1. The number of alkyl halides is 3. The van der Waals surface area contributed by atoms with Crippen molar-refractivity contribution in [2.45, 2.75) is 65.2 Å². The first-order chi connectivity index (χ1) is 17.9. The minimum atomic E-state index is -4.38. The van der Waals surface area contributed by atoms with Gasteiger partial charge in [-0.25, -0.2) is 9.78 Å². The zero-order valence-corrected chi connectivity index (χ0v) is 23.2.